The molecule has 1 aliphatic heterocycles. The Morgan fingerprint density at radius 1 is 1.35 bits per heavy atom. The van der Waals surface area contributed by atoms with E-state index in [9.17, 15) is 14.4 Å². The van der Waals surface area contributed by atoms with E-state index in [0.29, 0.717) is 12.5 Å². The lowest BCUT2D eigenvalue weighted by molar-refractivity contribution is -0.140. The summed E-state index contributed by atoms with van der Waals surface area (Å²) in [6.45, 7) is 2.38. The summed E-state index contributed by atoms with van der Waals surface area (Å²) in [5, 5.41) is 22.3. The number of amides is 2. The molecular weight excluding hydrogens is 266 g/mol. The highest BCUT2D eigenvalue weighted by Crippen LogP contribution is 2.12. The molecule has 1 saturated heterocycles. The highest BCUT2D eigenvalue weighted by molar-refractivity contribution is 5.82. The van der Waals surface area contributed by atoms with Crippen molar-refractivity contribution in [2.24, 2.45) is 5.92 Å². The molecule has 0 radical (unpaired) electrons. The van der Waals surface area contributed by atoms with Crippen LogP contribution in [-0.4, -0.2) is 65.8 Å². The molecular formula is C12H21N3O5. The van der Waals surface area contributed by atoms with Crippen molar-refractivity contribution in [3.63, 3.8) is 0 Å². The van der Waals surface area contributed by atoms with E-state index in [0.717, 1.165) is 19.5 Å². The number of carbonyl (C=O) groups is 3. The van der Waals surface area contributed by atoms with Gasteiger partial charge in [0.15, 0.2) is 0 Å². The Morgan fingerprint density at radius 2 is 2.05 bits per heavy atom. The summed E-state index contributed by atoms with van der Waals surface area (Å²) >= 11 is 0. The van der Waals surface area contributed by atoms with Crippen molar-refractivity contribution in [2.45, 2.75) is 25.3 Å². The van der Waals surface area contributed by atoms with Crippen molar-refractivity contribution in [1.29, 1.82) is 0 Å². The molecule has 0 spiro atoms. The predicted molar refractivity (Wildman–Crippen MR) is 70.4 cm³/mol. The number of carboxylic acid groups (broad SMARTS) is 2. The number of aliphatic carboxylic acids is 2. The summed E-state index contributed by atoms with van der Waals surface area (Å²) in [4.78, 5) is 35.1. The van der Waals surface area contributed by atoms with E-state index in [1.165, 1.54) is 0 Å². The van der Waals surface area contributed by atoms with Gasteiger partial charge in [-0.1, -0.05) is 0 Å². The van der Waals surface area contributed by atoms with Gasteiger partial charge in [-0.05, 0) is 32.4 Å². The molecule has 8 nitrogen and oxygen atoms in total. The number of carboxylic acids is 2. The standard InChI is InChI=1S/C12H21N3O5/c1-15-5-4-8(7-15)6-13-12(20)14-9(11(18)19)2-3-10(16)17/h8-9H,2-7H2,1H3,(H,16,17)(H,18,19)(H2,13,14,20). The number of urea groups is 1. The topological polar surface area (TPSA) is 119 Å². The van der Waals surface area contributed by atoms with Crippen molar-refractivity contribution in [1.82, 2.24) is 15.5 Å². The largest absolute Gasteiger partial charge is 0.481 e. The number of hydrogen-bond donors (Lipinski definition) is 4. The summed E-state index contributed by atoms with van der Waals surface area (Å²) < 4.78 is 0. The van der Waals surface area contributed by atoms with Crippen LogP contribution in [0.2, 0.25) is 0 Å². The maximum atomic E-state index is 11.6. The Kier molecular flexibility index (Phi) is 6.23. The molecule has 0 aromatic carbocycles. The monoisotopic (exact) mass is 287 g/mol. The smallest absolute Gasteiger partial charge is 0.326 e. The minimum absolute atomic E-state index is 0.135. The van der Waals surface area contributed by atoms with Gasteiger partial charge in [0.1, 0.15) is 6.04 Å². The first-order valence-electron chi connectivity index (χ1n) is 6.56. The average molecular weight is 287 g/mol. The summed E-state index contributed by atoms with van der Waals surface area (Å²) in [6.07, 6.45) is 0.563. The summed E-state index contributed by atoms with van der Waals surface area (Å²) in [6, 6.07) is -1.75. The zero-order chi connectivity index (χ0) is 15.1. The highest BCUT2D eigenvalue weighted by Gasteiger charge is 2.23. The van der Waals surface area contributed by atoms with Crippen LogP contribution < -0.4 is 10.6 Å². The number of nitrogens with zero attached hydrogens (tertiary/aromatic N) is 1. The molecule has 114 valence electrons. The van der Waals surface area contributed by atoms with Gasteiger partial charge >= 0.3 is 18.0 Å². The van der Waals surface area contributed by atoms with Crippen molar-refractivity contribution in [2.75, 3.05) is 26.7 Å². The van der Waals surface area contributed by atoms with E-state index < -0.39 is 24.0 Å². The molecule has 8 heteroatoms. The van der Waals surface area contributed by atoms with E-state index in [4.69, 9.17) is 10.2 Å². The minimum Gasteiger partial charge on any atom is -0.481 e. The van der Waals surface area contributed by atoms with E-state index in [1.807, 2.05) is 7.05 Å². The van der Waals surface area contributed by atoms with Gasteiger partial charge in [0.25, 0.3) is 0 Å². The fourth-order valence-electron chi connectivity index (χ4n) is 2.16. The third-order valence-corrected chi connectivity index (χ3v) is 3.29. The Balaban J connectivity index is 2.30. The van der Waals surface area contributed by atoms with E-state index in [-0.39, 0.29) is 12.8 Å². The summed E-state index contributed by atoms with van der Waals surface area (Å²) in [7, 11) is 2.01. The minimum atomic E-state index is -1.23. The normalized spacial score (nSPS) is 20.4. The molecule has 0 aromatic heterocycles. The third kappa shape index (κ3) is 5.87. The highest BCUT2D eigenvalue weighted by atomic mass is 16.4. The van der Waals surface area contributed by atoms with Gasteiger partial charge < -0.3 is 25.7 Å². The van der Waals surface area contributed by atoms with Crippen LogP contribution in [0.1, 0.15) is 19.3 Å². The second-order valence-electron chi connectivity index (χ2n) is 5.09. The second-order valence-corrected chi connectivity index (χ2v) is 5.09. The van der Waals surface area contributed by atoms with E-state index in [1.54, 1.807) is 0 Å². The molecule has 1 aliphatic rings. The second kappa shape index (κ2) is 7.68. The van der Waals surface area contributed by atoms with Gasteiger partial charge in [-0.2, -0.15) is 0 Å². The van der Waals surface area contributed by atoms with Crippen molar-refractivity contribution in [3.05, 3.63) is 0 Å². The molecule has 1 fully saturated rings. The molecule has 0 saturated carbocycles. The first kappa shape index (κ1) is 16.2. The van der Waals surface area contributed by atoms with Crippen LogP contribution in [0, 0.1) is 5.92 Å². The first-order valence-corrected chi connectivity index (χ1v) is 6.56. The Labute approximate surface area is 117 Å². The van der Waals surface area contributed by atoms with Gasteiger partial charge in [0.05, 0.1) is 0 Å². The maximum absolute atomic E-state index is 11.6. The van der Waals surface area contributed by atoms with E-state index in [2.05, 4.69) is 15.5 Å². The lowest BCUT2D eigenvalue weighted by Crippen LogP contribution is -2.47. The third-order valence-electron chi connectivity index (χ3n) is 3.29. The number of likely N-dealkylation sites (tertiary alicyclic amines) is 1. The van der Waals surface area contributed by atoms with Crippen LogP contribution in [-0.2, 0) is 9.59 Å². The molecule has 2 amide bonds. The Morgan fingerprint density at radius 3 is 2.55 bits per heavy atom. The lowest BCUT2D eigenvalue weighted by Gasteiger charge is -2.16. The number of hydrogen-bond acceptors (Lipinski definition) is 4. The van der Waals surface area contributed by atoms with Crippen LogP contribution in [0.3, 0.4) is 0 Å². The van der Waals surface area contributed by atoms with Crippen LogP contribution in [0.5, 0.6) is 0 Å². The zero-order valence-corrected chi connectivity index (χ0v) is 11.5. The first-order chi connectivity index (χ1) is 9.38. The molecule has 4 N–H and O–H groups in total. The van der Waals surface area contributed by atoms with Crippen LogP contribution in [0.15, 0.2) is 0 Å². The van der Waals surface area contributed by atoms with Crippen LogP contribution >= 0.6 is 0 Å². The molecule has 20 heavy (non-hydrogen) atoms. The predicted octanol–water partition coefficient (Wildman–Crippen LogP) is -0.445. The van der Waals surface area contributed by atoms with Crippen molar-refractivity contribution in [3.8, 4) is 0 Å². The molecule has 0 aliphatic carbocycles. The fraction of sp³-hybridized carbons (Fsp3) is 0.750. The molecule has 2 atom stereocenters. The van der Waals surface area contributed by atoms with Gasteiger partial charge in [0.2, 0.25) is 0 Å². The number of carbonyl (C=O) groups excluding carboxylic acids is 1. The fourth-order valence-corrected chi connectivity index (χ4v) is 2.16. The molecule has 2 unspecified atom stereocenters. The molecule has 1 rings (SSSR count). The zero-order valence-electron chi connectivity index (χ0n) is 11.5. The number of nitrogens with one attached hydrogen (secondary N) is 2. The van der Waals surface area contributed by atoms with Gasteiger partial charge in [0, 0.05) is 19.5 Å². The van der Waals surface area contributed by atoms with Crippen molar-refractivity contribution < 1.29 is 24.6 Å². The quantitative estimate of drug-likeness (QED) is 0.504. The van der Waals surface area contributed by atoms with Crippen LogP contribution in [0.25, 0.3) is 0 Å². The van der Waals surface area contributed by atoms with Crippen molar-refractivity contribution >= 4 is 18.0 Å². The molecule has 1 heterocycles. The van der Waals surface area contributed by atoms with Gasteiger partial charge in [-0.3, -0.25) is 4.79 Å². The maximum Gasteiger partial charge on any atom is 0.326 e. The van der Waals surface area contributed by atoms with Crippen LogP contribution in [0.4, 0.5) is 4.79 Å². The summed E-state index contributed by atoms with van der Waals surface area (Å²) in [5.41, 5.74) is 0. The lowest BCUT2D eigenvalue weighted by atomic mass is 10.1. The molecule has 0 aromatic rings. The Hall–Kier alpha value is -1.83. The number of rotatable bonds is 7. The summed E-state index contributed by atoms with van der Waals surface area (Å²) in [5.74, 6) is -1.96. The van der Waals surface area contributed by atoms with Gasteiger partial charge in [-0.15, -0.1) is 0 Å². The van der Waals surface area contributed by atoms with E-state index >= 15 is 0 Å². The van der Waals surface area contributed by atoms with Gasteiger partial charge in [-0.25, -0.2) is 9.59 Å². The average Bonchev–Trinajstić information content (AvgIpc) is 2.77. The Bertz CT molecular complexity index is 374. The molecule has 0 bridgehead atoms. The SMILES string of the molecule is CN1CCC(CNC(=O)NC(CCC(=O)O)C(=O)O)C1.